The summed E-state index contributed by atoms with van der Waals surface area (Å²) in [5.41, 5.74) is 0.898. The van der Waals surface area contributed by atoms with Gasteiger partial charge >= 0.3 is 0 Å². The molecule has 0 aromatic carbocycles. The highest BCUT2D eigenvalue weighted by Gasteiger charge is 2.12. The molecule has 7 heteroatoms. The fourth-order valence-corrected chi connectivity index (χ4v) is 1.56. The van der Waals surface area contributed by atoms with E-state index in [0.717, 1.165) is 5.69 Å². The number of aromatic amines is 1. The van der Waals surface area contributed by atoms with Crippen molar-refractivity contribution in [2.75, 3.05) is 0 Å². The maximum atomic E-state index is 11.8. The van der Waals surface area contributed by atoms with Crippen molar-refractivity contribution in [2.45, 2.75) is 6.54 Å². The molecule has 0 aliphatic heterocycles. The first-order valence-electron chi connectivity index (χ1n) is 4.74. The molecule has 0 atom stereocenters. The van der Waals surface area contributed by atoms with E-state index in [1.807, 2.05) is 0 Å². The van der Waals surface area contributed by atoms with E-state index in [2.05, 4.69) is 20.3 Å². The van der Waals surface area contributed by atoms with E-state index < -0.39 is 0 Å². The average Bonchev–Trinajstić information content (AvgIpc) is 2.82. The zero-order valence-electron chi connectivity index (χ0n) is 8.58. The number of carbonyl (C=O) groups is 1. The van der Waals surface area contributed by atoms with Crippen molar-refractivity contribution in [3.63, 3.8) is 0 Å². The molecule has 17 heavy (non-hydrogen) atoms. The molecule has 0 fully saturated rings. The lowest BCUT2D eigenvalue weighted by Crippen LogP contribution is -2.24. The maximum absolute atomic E-state index is 11.8. The number of hydrogen-bond acceptors (Lipinski definition) is 3. The molecule has 2 aromatic rings. The number of nitrogens with one attached hydrogen (secondary N) is 2. The predicted octanol–water partition coefficient (Wildman–Crippen LogP) is 2.04. The Balaban J connectivity index is 2.07. The summed E-state index contributed by atoms with van der Waals surface area (Å²) in [6.07, 6.45) is 3.15. The molecule has 1 amide bonds. The van der Waals surface area contributed by atoms with Crippen LogP contribution in [0.3, 0.4) is 0 Å². The molecule has 2 aromatic heterocycles. The third kappa shape index (κ3) is 2.95. The number of amides is 1. The van der Waals surface area contributed by atoms with Gasteiger partial charge < -0.3 is 10.3 Å². The summed E-state index contributed by atoms with van der Waals surface area (Å²) < 4.78 is 0. The number of carbonyl (C=O) groups excluding carboxylic acids is 1. The van der Waals surface area contributed by atoms with Crippen molar-refractivity contribution in [3.05, 3.63) is 46.2 Å². The Kier molecular flexibility index (Phi) is 3.61. The molecule has 0 bridgehead atoms. The lowest BCUT2D eigenvalue weighted by Gasteiger charge is -2.04. The molecule has 0 unspecified atom stereocenters. The largest absolute Gasteiger partial charge is 0.347 e. The van der Waals surface area contributed by atoms with Gasteiger partial charge in [0.05, 0.1) is 23.6 Å². The highest BCUT2D eigenvalue weighted by molar-refractivity contribution is 6.34. The van der Waals surface area contributed by atoms with E-state index in [1.165, 1.54) is 18.5 Å². The fraction of sp³-hybridized carbons (Fsp3) is 0.100. The van der Waals surface area contributed by atoms with E-state index in [4.69, 9.17) is 23.2 Å². The van der Waals surface area contributed by atoms with Crippen molar-refractivity contribution in [2.24, 2.45) is 0 Å². The summed E-state index contributed by atoms with van der Waals surface area (Å²) >= 11 is 11.5. The van der Waals surface area contributed by atoms with Crippen LogP contribution in [-0.4, -0.2) is 20.9 Å². The van der Waals surface area contributed by atoms with Gasteiger partial charge in [0.25, 0.3) is 5.91 Å². The van der Waals surface area contributed by atoms with E-state index in [1.54, 1.807) is 6.20 Å². The molecule has 2 rings (SSSR count). The number of hydrogen-bond donors (Lipinski definition) is 2. The van der Waals surface area contributed by atoms with Gasteiger partial charge in [-0.1, -0.05) is 23.2 Å². The van der Waals surface area contributed by atoms with Crippen LogP contribution in [0.4, 0.5) is 0 Å². The van der Waals surface area contributed by atoms with Crippen LogP contribution in [0.25, 0.3) is 0 Å². The van der Waals surface area contributed by atoms with Crippen LogP contribution < -0.4 is 5.32 Å². The SMILES string of the molecule is O=C(NCc1cnc[nH]1)c1nc(Cl)ccc1Cl. The van der Waals surface area contributed by atoms with Crippen molar-refractivity contribution < 1.29 is 4.79 Å². The van der Waals surface area contributed by atoms with Gasteiger partial charge in [-0.2, -0.15) is 0 Å². The number of aromatic nitrogens is 3. The van der Waals surface area contributed by atoms with Gasteiger partial charge in [0, 0.05) is 6.20 Å². The number of rotatable bonds is 3. The molecular weight excluding hydrogens is 263 g/mol. The first-order chi connectivity index (χ1) is 8.16. The molecule has 2 N–H and O–H groups in total. The summed E-state index contributed by atoms with van der Waals surface area (Å²) in [6, 6.07) is 3.05. The number of H-pyrrole nitrogens is 1. The smallest absolute Gasteiger partial charge is 0.271 e. The molecule has 0 aliphatic carbocycles. The summed E-state index contributed by atoms with van der Waals surface area (Å²) in [5, 5.41) is 3.14. The van der Waals surface area contributed by atoms with Gasteiger partial charge in [0.2, 0.25) is 0 Å². The zero-order valence-corrected chi connectivity index (χ0v) is 10.1. The van der Waals surface area contributed by atoms with E-state index in [-0.39, 0.29) is 21.8 Å². The van der Waals surface area contributed by atoms with Crippen LogP contribution in [0.15, 0.2) is 24.7 Å². The first kappa shape index (κ1) is 11.9. The number of halogens is 2. The highest BCUT2D eigenvalue weighted by Crippen LogP contribution is 2.16. The summed E-state index contributed by atoms with van der Waals surface area (Å²) in [5.74, 6) is -0.382. The van der Waals surface area contributed by atoms with Gasteiger partial charge in [-0.25, -0.2) is 9.97 Å². The minimum Gasteiger partial charge on any atom is -0.347 e. The van der Waals surface area contributed by atoms with Crippen LogP contribution in [0, 0.1) is 0 Å². The molecule has 0 spiro atoms. The second-order valence-corrected chi connectivity index (χ2v) is 4.02. The molecule has 2 heterocycles. The average molecular weight is 271 g/mol. The Morgan fingerprint density at radius 3 is 2.94 bits per heavy atom. The fourth-order valence-electron chi connectivity index (χ4n) is 1.22. The minimum atomic E-state index is -0.382. The molecule has 0 aliphatic rings. The third-order valence-electron chi connectivity index (χ3n) is 2.02. The molecule has 0 radical (unpaired) electrons. The Hall–Kier alpha value is -1.59. The quantitative estimate of drug-likeness (QED) is 0.839. The van der Waals surface area contributed by atoms with Crippen LogP contribution in [0.5, 0.6) is 0 Å². The Morgan fingerprint density at radius 1 is 1.41 bits per heavy atom. The van der Waals surface area contributed by atoms with Crippen molar-refractivity contribution >= 4 is 29.1 Å². The van der Waals surface area contributed by atoms with Crippen molar-refractivity contribution in [1.82, 2.24) is 20.3 Å². The normalized spacial score (nSPS) is 10.2. The standard InChI is InChI=1S/C10H8Cl2N4O/c11-7-1-2-8(12)16-9(7)10(17)14-4-6-3-13-5-15-6/h1-3,5H,4H2,(H,13,15)(H,14,17). The van der Waals surface area contributed by atoms with Gasteiger partial charge in [-0.15, -0.1) is 0 Å². The van der Waals surface area contributed by atoms with Crippen LogP contribution >= 0.6 is 23.2 Å². The molecule has 0 saturated carbocycles. The van der Waals surface area contributed by atoms with E-state index in [0.29, 0.717) is 6.54 Å². The van der Waals surface area contributed by atoms with Gasteiger partial charge in [-0.3, -0.25) is 4.79 Å². The van der Waals surface area contributed by atoms with E-state index >= 15 is 0 Å². The molecule has 5 nitrogen and oxygen atoms in total. The minimum absolute atomic E-state index is 0.110. The van der Waals surface area contributed by atoms with Gasteiger partial charge in [0.15, 0.2) is 0 Å². The summed E-state index contributed by atoms with van der Waals surface area (Å²) in [7, 11) is 0. The summed E-state index contributed by atoms with van der Waals surface area (Å²) in [4.78, 5) is 22.3. The molecular formula is C10H8Cl2N4O. The second kappa shape index (κ2) is 5.16. The Labute approximate surface area is 107 Å². The predicted molar refractivity (Wildman–Crippen MR) is 64.0 cm³/mol. The monoisotopic (exact) mass is 270 g/mol. The van der Waals surface area contributed by atoms with Crippen molar-refractivity contribution in [1.29, 1.82) is 0 Å². The van der Waals surface area contributed by atoms with Crippen molar-refractivity contribution in [3.8, 4) is 0 Å². The van der Waals surface area contributed by atoms with Gasteiger partial charge in [-0.05, 0) is 12.1 Å². The Morgan fingerprint density at radius 2 is 2.24 bits per heavy atom. The van der Waals surface area contributed by atoms with Crippen LogP contribution in [-0.2, 0) is 6.54 Å². The number of pyridine rings is 1. The Bertz CT molecular complexity index is 527. The lowest BCUT2D eigenvalue weighted by molar-refractivity contribution is 0.0945. The van der Waals surface area contributed by atoms with Crippen LogP contribution in [0.2, 0.25) is 10.2 Å². The highest BCUT2D eigenvalue weighted by atomic mass is 35.5. The zero-order chi connectivity index (χ0) is 12.3. The van der Waals surface area contributed by atoms with Gasteiger partial charge in [0.1, 0.15) is 10.8 Å². The summed E-state index contributed by atoms with van der Waals surface area (Å²) in [6.45, 7) is 0.323. The van der Waals surface area contributed by atoms with E-state index in [9.17, 15) is 4.79 Å². The third-order valence-corrected chi connectivity index (χ3v) is 2.54. The molecule has 0 saturated heterocycles. The number of imidazole rings is 1. The topological polar surface area (TPSA) is 70.7 Å². The number of nitrogens with zero attached hydrogens (tertiary/aromatic N) is 2. The van der Waals surface area contributed by atoms with Crippen LogP contribution in [0.1, 0.15) is 16.2 Å². The lowest BCUT2D eigenvalue weighted by atomic mass is 10.3. The molecule has 88 valence electrons. The second-order valence-electron chi connectivity index (χ2n) is 3.22. The maximum Gasteiger partial charge on any atom is 0.271 e. The first-order valence-corrected chi connectivity index (χ1v) is 5.50.